The van der Waals surface area contributed by atoms with Gasteiger partial charge in [0, 0.05) is 52.2 Å². The molecular weight excluding hydrogens is 356 g/mol. The summed E-state index contributed by atoms with van der Waals surface area (Å²) in [6, 6.07) is 9.59. The van der Waals surface area contributed by atoms with Crippen LogP contribution in [0.5, 0.6) is 0 Å². The molecule has 0 N–H and O–H groups in total. The van der Waals surface area contributed by atoms with Crippen LogP contribution in [-0.4, -0.2) is 105 Å². The van der Waals surface area contributed by atoms with Crippen LogP contribution in [0.2, 0.25) is 0 Å². The van der Waals surface area contributed by atoms with E-state index in [1.807, 2.05) is 59.1 Å². The zero-order valence-corrected chi connectivity index (χ0v) is 17.0. The van der Waals surface area contributed by atoms with E-state index in [9.17, 15) is 9.59 Å². The van der Waals surface area contributed by atoms with Crippen molar-refractivity contribution in [2.45, 2.75) is 12.5 Å². The summed E-state index contributed by atoms with van der Waals surface area (Å²) < 4.78 is 5.35. The fraction of sp³-hybridized carbons (Fsp3) is 0.619. The summed E-state index contributed by atoms with van der Waals surface area (Å²) in [5.74, 6) is 0.294. The second kappa shape index (κ2) is 10.0. The Hall–Kier alpha value is -1.96. The molecule has 2 aliphatic rings. The lowest BCUT2D eigenvalue weighted by Crippen LogP contribution is -2.53. The van der Waals surface area contributed by atoms with E-state index in [1.165, 1.54) is 0 Å². The Balaban J connectivity index is 1.49. The largest absolute Gasteiger partial charge is 0.379 e. The van der Waals surface area contributed by atoms with Crippen LogP contribution in [0.1, 0.15) is 18.0 Å². The molecule has 7 heteroatoms. The van der Waals surface area contributed by atoms with Crippen LogP contribution in [0.25, 0.3) is 0 Å². The van der Waals surface area contributed by atoms with Crippen molar-refractivity contribution >= 4 is 11.8 Å². The summed E-state index contributed by atoms with van der Waals surface area (Å²) in [6.07, 6.45) is 0.540. The summed E-state index contributed by atoms with van der Waals surface area (Å²) >= 11 is 0. The Morgan fingerprint density at radius 1 is 0.964 bits per heavy atom. The molecule has 2 heterocycles. The van der Waals surface area contributed by atoms with Gasteiger partial charge in [0.1, 0.15) is 6.04 Å². The number of carbonyl (C=O) groups excluding carboxylic acids is 2. The van der Waals surface area contributed by atoms with Crippen molar-refractivity contribution in [2.24, 2.45) is 0 Å². The predicted octanol–water partition coefficient (Wildman–Crippen LogP) is 0.682. The third-order valence-electron chi connectivity index (χ3n) is 5.56. The number of hydrogen-bond acceptors (Lipinski definition) is 5. The summed E-state index contributed by atoms with van der Waals surface area (Å²) in [6.45, 7) is 6.52. The van der Waals surface area contributed by atoms with Crippen molar-refractivity contribution < 1.29 is 14.3 Å². The fourth-order valence-electron chi connectivity index (χ4n) is 3.88. The molecule has 2 fully saturated rings. The average Bonchev–Trinajstić information content (AvgIpc) is 2.73. The molecule has 0 radical (unpaired) electrons. The van der Waals surface area contributed by atoms with Gasteiger partial charge >= 0.3 is 0 Å². The van der Waals surface area contributed by atoms with Crippen LogP contribution in [-0.2, 0) is 14.3 Å². The van der Waals surface area contributed by atoms with Crippen LogP contribution in [0.3, 0.4) is 0 Å². The van der Waals surface area contributed by atoms with Gasteiger partial charge in [0.15, 0.2) is 0 Å². The molecule has 1 unspecified atom stereocenters. The van der Waals surface area contributed by atoms with Gasteiger partial charge in [-0.05, 0) is 19.7 Å². The Labute approximate surface area is 167 Å². The Bertz CT molecular complexity index is 638. The zero-order valence-electron chi connectivity index (χ0n) is 17.0. The standard InChI is InChI=1S/C21H32N4O3/c1-22(2)20(18-6-4-3-5-7-18)21(27)25-12-10-24(11-13-25)19(26)8-9-23-14-16-28-17-15-23/h3-7,20H,8-17H2,1-2H3. The SMILES string of the molecule is CN(C)C(C(=O)N1CCN(C(=O)CCN2CCOCC2)CC1)c1ccccc1. The third kappa shape index (κ3) is 5.31. The molecule has 154 valence electrons. The minimum Gasteiger partial charge on any atom is -0.379 e. The normalized spacial score (nSPS) is 19.7. The molecule has 2 aliphatic heterocycles. The van der Waals surface area contributed by atoms with Gasteiger partial charge in [-0.3, -0.25) is 19.4 Å². The first-order chi connectivity index (χ1) is 13.6. The number of morpholine rings is 1. The highest BCUT2D eigenvalue weighted by atomic mass is 16.5. The molecule has 0 aliphatic carbocycles. The number of piperazine rings is 1. The Morgan fingerprint density at radius 2 is 1.57 bits per heavy atom. The molecule has 0 bridgehead atoms. The second-order valence-electron chi connectivity index (χ2n) is 7.69. The van der Waals surface area contributed by atoms with Crippen LogP contribution < -0.4 is 0 Å². The van der Waals surface area contributed by atoms with E-state index in [1.54, 1.807) is 0 Å². The first-order valence-corrected chi connectivity index (χ1v) is 10.1. The molecule has 28 heavy (non-hydrogen) atoms. The number of likely N-dealkylation sites (N-methyl/N-ethyl adjacent to an activating group) is 1. The summed E-state index contributed by atoms with van der Waals surface area (Å²) in [7, 11) is 3.86. The van der Waals surface area contributed by atoms with Crippen molar-refractivity contribution in [1.82, 2.24) is 19.6 Å². The molecule has 0 saturated carbocycles. The van der Waals surface area contributed by atoms with Gasteiger partial charge in [-0.2, -0.15) is 0 Å². The van der Waals surface area contributed by atoms with Gasteiger partial charge in [0.05, 0.1) is 13.2 Å². The number of rotatable bonds is 6. The van der Waals surface area contributed by atoms with Crippen LogP contribution >= 0.6 is 0 Å². The third-order valence-corrected chi connectivity index (χ3v) is 5.56. The minimum atomic E-state index is -0.287. The van der Waals surface area contributed by atoms with E-state index >= 15 is 0 Å². The topological polar surface area (TPSA) is 56.3 Å². The molecule has 7 nitrogen and oxygen atoms in total. The molecular formula is C21H32N4O3. The highest BCUT2D eigenvalue weighted by molar-refractivity contribution is 5.84. The fourth-order valence-corrected chi connectivity index (χ4v) is 3.88. The minimum absolute atomic E-state index is 0.108. The van der Waals surface area contributed by atoms with E-state index in [-0.39, 0.29) is 17.9 Å². The molecule has 3 rings (SSSR count). The Kier molecular flexibility index (Phi) is 7.42. The van der Waals surface area contributed by atoms with Gasteiger partial charge in [0.2, 0.25) is 11.8 Å². The van der Waals surface area contributed by atoms with Crippen molar-refractivity contribution in [2.75, 3.05) is 73.1 Å². The smallest absolute Gasteiger partial charge is 0.244 e. The summed E-state index contributed by atoms with van der Waals surface area (Å²) in [5.41, 5.74) is 1.00. The maximum absolute atomic E-state index is 13.1. The number of benzene rings is 1. The van der Waals surface area contributed by atoms with Crippen molar-refractivity contribution in [1.29, 1.82) is 0 Å². The van der Waals surface area contributed by atoms with E-state index in [4.69, 9.17) is 4.74 Å². The number of amides is 2. The van der Waals surface area contributed by atoms with Crippen molar-refractivity contribution in [3.8, 4) is 0 Å². The van der Waals surface area contributed by atoms with E-state index in [2.05, 4.69) is 4.90 Å². The van der Waals surface area contributed by atoms with Gasteiger partial charge in [-0.15, -0.1) is 0 Å². The van der Waals surface area contributed by atoms with Gasteiger partial charge < -0.3 is 14.5 Å². The summed E-state index contributed by atoms with van der Waals surface area (Å²) in [5, 5.41) is 0. The zero-order chi connectivity index (χ0) is 19.9. The number of hydrogen-bond donors (Lipinski definition) is 0. The van der Waals surface area contributed by atoms with Crippen molar-refractivity contribution in [3.05, 3.63) is 35.9 Å². The molecule has 1 aromatic carbocycles. The van der Waals surface area contributed by atoms with Gasteiger partial charge in [0.25, 0.3) is 0 Å². The molecule has 0 spiro atoms. The lowest BCUT2D eigenvalue weighted by Gasteiger charge is -2.38. The maximum atomic E-state index is 13.1. The molecule has 0 aromatic heterocycles. The molecule has 2 amide bonds. The Morgan fingerprint density at radius 3 is 2.18 bits per heavy atom. The molecule has 1 aromatic rings. The highest BCUT2D eigenvalue weighted by Gasteiger charge is 2.31. The van der Waals surface area contributed by atoms with E-state index in [0.29, 0.717) is 32.6 Å². The number of nitrogens with zero attached hydrogens (tertiary/aromatic N) is 4. The van der Waals surface area contributed by atoms with Crippen molar-refractivity contribution in [3.63, 3.8) is 0 Å². The lowest BCUT2D eigenvalue weighted by molar-refractivity contribution is -0.143. The second-order valence-corrected chi connectivity index (χ2v) is 7.69. The maximum Gasteiger partial charge on any atom is 0.244 e. The van der Waals surface area contributed by atoms with Gasteiger partial charge in [-0.25, -0.2) is 0 Å². The highest BCUT2D eigenvalue weighted by Crippen LogP contribution is 2.21. The summed E-state index contributed by atoms with van der Waals surface area (Å²) in [4.78, 5) is 33.7. The van der Waals surface area contributed by atoms with E-state index in [0.717, 1.165) is 38.4 Å². The predicted molar refractivity (Wildman–Crippen MR) is 108 cm³/mol. The van der Waals surface area contributed by atoms with Gasteiger partial charge in [-0.1, -0.05) is 30.3 Å². The average molecular weight is 389 g/mol. The number of carbonyl (C=O) groups is 2. The van der Waals surface area contributed by atoms with E-state index < -0.39 is 0 Å². The molecule has 1 atom stereocenters. The number of ether oxygens (including phenoxy) is 1. The molecule has 2 saturated heterocycles. The first kappa shape index (κ1) is 20.8. The van der Waals surface area contributed by atoms with Crippen LogP contribution in [0.4, 0.5) is 0 Å². The monoisotopic (exact) mass is 388 g/mol. The van der Waals surface area contributed by atoms with Crippen LogP contribution in [0.15, 0.2) is 30.3 Å². The first-order valence-electron chi connectivity index (χ1n) is 10.1. The van der Waals surface area contributed by atoms with Crippen LogP contribution in [0, 0.1) is 0 Å². The lowest BCUT2D eigenvalue weighted by atomic mass is 10.0. The quantitative estimate of drug-likeness (QED) is 0.718.